The van der Waals surface area contributed by atoms with Gasteiger partial charge < -0.3 is 10.1 Å². The number of halogens is 2. The molecular formula is C21H25Cl2NO. The van der Waals surface area contributed by atoms with Crippen LogP contribution in [0.1, 0.15) is 64.5 Å². The van der Waals surface area contributed by atoms with Crippen LogP contribution in [0, 0.1) is 0 Å². The molecule has 0 saturated carbocycles. The van der Waals surface area contributed by atoms with E-state index < -0.39 is 0 Å². The Morgan fingerprint density at radius 1 is 0.920 bits per heavy atom. The summed E-state index contributed by atoms with van der Waals surface area (Å²) in [6.07, 6.45) is -0.309. The fourth-order valence-electron chi connectivity index (χ4n) is 3.00. The predicted molar refractivity (Wildman–Crippen MR) is 107 cm³/mol. The molecule has 0 amide bonds. The first kappa shape index (κ1) is 18.4. The molecule has 0 unspecified atom stereocenters. The van der Waals surface area contributed by atoms with Crippen LogP contribution < -0.4 is 10.1 Å². The first-order valence-corrected chi connectivity index (χ1v) is 9.29. The molecule has 0 fully saturated rings. The average molecular weight is 378 g/mol. The maximum absolute atomic E-state index is 6.38. The van der Waals surface area contributed by atoms with Crippen molar-refractivity contribution in [2.24, 2.45) is 0 Å². The fraction of sp³-hybridized carbons (Fsp3) is 0.429. The van der Waals surface area contributed by atoms with Crippen molar-refractivity contribution in [1.82, 2.24) is 0 Å². The smallest absolute Gasteiger partial charge is 0.198 e. The maximum atomic E-state index is 6.38. The Morgan fingerprint density at radius 3 is 2.16 bits per heavy atom. The third kappa shape index (κ3) is 3.61. The van der Waals surface area contributed by atoms with Gasteiger partial charge in [0.05, 0.1) is 10.7 Å². The van der Waals surface area contributed by atoms with Crippen molar-refractivity contribution in [3.05, 3.63) is 57.1 Å². The van der Waals surface area contributed by atoms with E-state index in [0.717, 1.165) is 17.0 Å². The van der Waals surface area contributed by atoms with Gasteiger partial charge in [0.25, 0.3) is 0 Å². The SMILES string of the molecule is CC(C)(C)c1cc2c(c(C(C)(C)C)c1)O[C@H](c1ccc(Cl)cc1Cl)N2. The van der Waals surface area contributed by atoms with E-state index in [9.17, 15) is 0 Å². The summed E-state index contributed by atoms with van der Waals surface area (Å²) in [4.78, 5) is 0. The first-order valence-electron chi connectivity index (χ1n) is 8.54. The maximum Gasteiger partial charge on any atom is 0.198 e. The largest absolute Gasteiger partial charge is 0.464 e. The summed E-state index contributed by atoms with van der Waals surface area (Å²) in [5.74, 6) is 0.913. The molecule has 2 aromatic carbocycles. The van der Waals surface area contributed by atoms with Crippen molar-refractivity contribution in [3.63, 3.8) is 0 Å². The zero-order valence-electron chi connectivity index (χ0n) is 15.6. The molecule has 1 N–H and O–H groups in total. The number of ether oxygens (including phenoxy) is 1. The number of hydrogen-bond acceptors (Lipinski definition) is 2. The van der Waals surface area contributed by atoms with Gasteiger partial charge in [-0.15, -0.1) is 0 Å². The van der Waals surface area contributed by atoms with Gasteiger partial charge in [0.1, 0.15) is 5.75 Å². The highest BCUT2D eigenvalue weighted by Crippen LogP contribution is 2.47. The molecule has 1 aliphatic rings. The number of rotatable bonds is 1. The van der Waals surface area contributed by atoms with E-state index in [1.807, 2.05) is 12.1 Å². The highest BCUT2D eigenvalue weighted by atomic mass is 35.5. The second-order valence-electron chi connectivity index (χ2n) is 8.71. The van der Waals surface area contributed by atoms with Gasteiger partial charge in [-0.1, -0.05) is 76.9 Å². The molecule has 1 atom stereocenters. The van der Waals surface area contributed by atoms with Gasteiger partial charge in [0, 0.05) is 16.1 Å². The van der Waals surface area contributed by atoms with Crippen molar-refractivity contribution in [3.8, 4) is 5.75 Å². The van der Waals surface area contributed by atoms with Crippen LogP contribution in [-0.4, -0.2) is 0 Å². The Morgan fingerprint density at radius 2 is 1.60 bits per heavy atom. The van der Waals surface area contributed by atoms with Gasteiger partial charge in [-0.05, 0) is 34.6 Å². The molecule has 0 bridgehead atoms. The van der Waals surface area contributed by atoms with Gasteiger partial charge in [-0.3, -0.25) is 0 Å². The zero-order valence-corrected chi connectivity index (χ0v) is 17.1. The molecule has 25 heavy (non-hydrogen) atoms. The minimum atomic E-state index is -0.309. The molecule has 2 aromatic rings. The van der Waals surface area contributed by atoms with Crippen LogP contribution in [0.15, 0.2) is 30.3 Å². The van der Waals surface area contributed by atoms with E-state index in [2.05, 4.69) is 59.0 Å². The second kappa shape index (κ2) is 6.10. The Labute approximate surface area is 160 Å². The topological polar surface area (TPSA) is 21.3 Å². The van der Waals surface area contributed by atoms with Gasteiger partial charge in [0.2, 0.25) is 0 Å². The van der Waals surface area contributed by atoms with E-state index in [4.69, 9.17) is 27.9 Å². The van der Waals surface area contributed by atoms with E-state index in [1.165, 1.54) is 11.1 Å². The molecular weight excluding hydrogens is 353 g/mol. The summed E-state index contributed by atoms with van der Waals surface area (Å²) < 4.78 is 6.30. The number of benzene rings is 2. The average Bonchev–Trinajstić information content (AvgIpc) is 2.87. The van der Waals surface area contributed by atoms with E-state index in [0.29, 0.717) is 10.0 Å². The third-order valence-corrected chi connectivity index (χ3v) is 5.09. The lowest BCUT2D eigenvalue weighted by molar-refractivity contribution is 0.254. The lowest BCUT2D eigenvalue weighted by Crippen LogP contribution is -2.17. The predicted octanol–water partition coefficient (Wildman–Crippen LogP) is 7.09. The summed E-state index contributed by atoms with van der Waals surface area (Å²) >= 11 is 12.4. The molecule has 0 saturated heterocycles. The minimum absolute atomic E-state index is 0.0221. The molecule has 2 nitrogen and oxygen atoms in total. The molecule has 1 aliphatic heterocycles. The lowest BCUT2D eigenvalue weighted by atomic mass is 9.80. The van der Waals surface area contributed by atoms with Crippen LogP contribution in [0.4, 0.5) is 5.69 Å². The number of fused-ring (bicyclic) bond motifs is 1. The van der Waals surface area contributed by atoms with Crippen LogP contribution in [0.5, 0.6) is 5.75 Å². The molecule has 4 heteroatoms. The van der Waals surface area contributed by atoms with Crippen LogP contribution in [0.3, 0.4) is 0 Å². The summed E-state index contributed by atoms with van der Waals surface area (Å²) in [7, 11) is 0. The Hall–Kier alpha value is -1.38. The molecule has 1 heterocycles. The quantitative estimate of drug-likeness (QED) is 0.572. The van der Waals surface area contributed by atoms with E-state index in [-0.39, 0.29) is 17.1 Å². The second-order valence-corrected chi connectivity index (χ2v) is 9.55. The summed E-state index contributed by atoms with van der Waals surface area (Å²) in [5.41, 5.74) is 4.44. The molecule has 134 valence electrons. The normalized spacial score (nSPS) is 17.0. The highest BCUT2D eigenvalue weighted by Gasteiger charge is 2.33. The lowest BCUT2D eigenvalue weighted by Gasteiger charge is -2.26. The number of hydrogen-bond donors (Lipinski definition) is 1. The zero-order chi connectivity index (χ0) is 18.6. The van der Waals surface area contributed by atoms with Gasteiger partial charge >= 0.3 is 0 Å². The Bertz CT molecular complexity index is 816. The van der Waals surface area contributed by atoms with Gasteiger partial charge in [0.15, 0.2) is 6.23 Å². The van der Waals surface area contributed by atoms with Crippen molar-refractivity contribution >= 4 is 28.9 Å². The minimum Gasteiger partial charge on any atom is -0.464 e. The number of nitrogens with one attached hydrogen (secondary N) is 1. The standard InChI is InChI=1S/C21H25Cl2NO/c1-20(2,3)12-9-15(21(4,5)6)18-17(10-12)24-19(25-18)14-8-7-13(22)11-16(14)23/h7-11,19,24H,1-6H3/t19-/m1/s1. The van der Waals surface area contributed by atoms with E-state index in [1.54, 1.807) is 6.07 Å². The van der Waals surface area contributed by atoms with Crippen molar-refractivity contribution in [1.29, 1.82) is 0 Å². The molecule has 0 aromatic heterocycles. The summed E-state index contributed by atoms with van der Waals surface area (Å²) in [6, 6.07) is 9.95. The van der Waals surface area contributed by atoms with Crippen molar-refractivity contribution in [2.75, 3.05) is 5.32 Å². The molecule has 0 aliphatic carbocycles. The number of anilines is 1. The highest BCUT2D eigenvalue weighted by molar-refractivity contribution is 6.35. The van der Waals surface area contributed by atoms with Crippen molar-refractivity contribution in [2.45, 2.75) is 58.6 Å². The van der Waals surface area contributed by atoms with Crippen LogP contribution in [0.2, 0.25) is 10.0 Å². The summed E-state index contributed by atoms with van der Waals surface area (Å²) in [6.45, 7) is 13.3. The van der Waals surface area contributed by atoms with Gasteiger partial charge in [-0.25, -0.2) is 0 Å². The Kier molecular flexibility index (Phi) is 4.50. The van der Waals surface area contributed by atoms with E-state index >= 15 is 0 Å². The van der Waals surface area contributed by atoms with Crippen LogP contribution in [0.25, 0.3) is 0 Å². The van der Waals surface area contributed by atoms with Crippen molar-refractivity contribution < 1.29 is 4.74 Å². The van der Waals surface area contributed by atoms with Gasteiger partial charge in [-0.2, -0.15) is 0 Å². The Balaban J connectivity index is 2.08. The fourth-order valence-corrected chi connectivity index (χ4v) is 3.50. The monoisotopic (exact) mass is 377 g/mol. The molecule has 3 rings (SSSR count). The molecule has 0 spiro atoms. The third-order valence-electron chi connectivity index (χ3n) is 4.53. The van der Waals surface area contributed by atoms with Crippen LogP contribution >= 0.6 is 23.2 Å². The van der Waals surface area contributed by atoms with Crippen LogP contribution in [-0.2, 0) is 10.8 Å². The summed E-state index contributed by atoms with van der Waals surface area (Å²) in [5, 5.41) is 4.71. The molecule has 0 radical (unpaired) electrons. The first-order chi connectivity index (χ1) is 11.5.